The minimum atomic E-state index is -3.25. The van der Waals surface area contributed by atoms with E-state index in [4.69, 9.17) is 17.3 Å². The van der Waals surface area contributed by atoms with Crippen LogP contribution in [0.3, 0.4) is 0 Å². The van der Waals surface area contributed by atoms with Gasteiger partial charge in [-0.25, -0.2) is 8.42 Å². The van der Waals surface area contributed by atoms with Crippen molar-refractivity contribution in [1.29, 1.82) is 0 Å². The van der Waals surface area contributed by atoms with Gasteiger partial charge in [-0.15, -0.1) is 11.6 Å². The topological polar surface area (TPSA) is 60.2 Å². The van der Waals surface area contributed by atoms with Crippen LogP contribution in [0.5, 0.6) is 0 Å². The van der Waals surface area contributed by atoms with Crippen LogP contribution >= 0.6 is 11.6 Å². The van der Waals surface area contributed by atoms with Crippen LogP contribution in [-0.4, -0.2) is 14.7 Å². The molecular formula is C8H10ClNO2S. The van der Waals surface area contributed by atoms with E-state index in [1.807, 2.05) is 0 Å². The smallest absolute Gasteiger partial charge is 0.177 e. The minimum Gasteiger partial charge on any atom is -0.398 e. The van der Waals surface area contributed by atoms with Gasteiger partial charge >= 0.3 is 0 Å². The number of nitrogen functional groups attached to an aromatic ring is 1. The minimum absolute atomic E-state index is 0.144. The Balaban J connectivity index is 3.36. The van der Waals surface area contributed by atoms with Crippen molar-refractivity contribution in [2.45, 2.75) is 10.8 Å². The molecule has 0 amide bonds. The summed E-state index contributed by atoms with van der Waals surface area (Å²) in [6.07, 6.45) is 1.12. The average Bonchev–Trinajstić information content (AvgIpc) is 2.03. The van der Waals surface area contributed by atoms with E-state index in [2.05, 4.69) is 0 Å². The molecule has 0 bridgehead atoms. The largest absolute Gasteiger partial charge is 0.398 e. The predicted molar refractivity (Wildman–Crippen MR) is 53.5 cm³/mol. The summed E-state index contributed by atoms with van der Waals surface area (Å²) in [6.45, 7) is 0. The Morgan fingerprint density at radius 2 is 2.08 bits per heavy atom. The molecule has 2 N–H and O–H groups in total. The predicted octanol–water partition coefficient (Wildman–Crippen LogP) is 1.41. The molecule has 0 fully saturated rings. The zero-order chi connectivity index (χ0) is 10.1. The molecule has 13 heavy (non-hydrogen) atoms. The summed E-state index contributed by atoms with van der Waals surface area (Å²) >= 11 is 5.57. The fourth-order valence-corrected chi connectivity index (χ4v) is 2.01. The third-order valence-corrected chi connectivity index (χ3v) is 3.09. The first-order valence-electron chi connectivity index (χ1n) is 3.59. The normalized spacial score (nSPS) is 11.5. The van der Waals surface area contributed by atoms with Crippen LogP contribution in [-0.2, 0) is 15.7 Å². The monoisotopic (exact) mass is 219 g/mol. The molecule has 0 atom stereocenters. The van der Waals surface area contributed by atoms with E-state index in [1.165, 1.54) is 6.07 Å². The number of alkyl halides is 1. The fraction of sp³-hybridized carbons (Fsp3) is 0.250. The van der Waals surface area contributed by atoms with Crippen molar-refractivity contribution < 1.29 is 8.42 Å². The van der Waals surface area contributed by atoms with E-state index in [-0.39, 0.29) is 16.5 Å². The van der Waals surface area contributed by atoms with Crippen molar-refractivity contribution >= 4 is 27.1 Å². The number of nitrogens with two attached hydrogens (primary N) is 1. The lowest BCUT2D eigenvalue weighted by Gasteiger charge is -2.04. The molecule has 0 aliphatic rings. The maximum Gasteiger partial charge on any atom is 0.177 e. The number of rotatable bonds is 2. The molecule has 0 aliphatic carbocycles. The summed E-state index contributed by atoms with van der Waals surface area (Å²) in [7, 11) is -3.25. The van der Waals surface area contributed by atoms with Crippen molar-refractivity contribution in [1.82, 2.24) is 0 Å². The lowest BCUT2D eigenvalue weighted by Crippen LogP contribution is -2.02. The Morgan fingerprint density at radius 1 is 1.46 bits per heavy atom. The van der Waals surface area contributed by atoms with Gasteiger partial charge in [0.1, 0.15) is 0 Å². The van der Waals surface area contributed by atoms with Gasteiger partial charge in [-0.05, 0) is 17.7 Å². The molecule has 72 valence electrons. The molecule has 0 saturated heterocycles. The molecule has 0 saturated carbocycles. The molecular weight excluding hydrogens is 210 g/mol. The van der Waals surface area contributed by atoms with Gasteiger partial charge in [0.05, 0.1) is 10.6 Å². The van der Waals surface area contributed by atoms with Crippen LogP contribution in [0.1, 0.15) is 5.56 Å². The van der Waals surface area contributed by atoms with E-state index in [0.717, 1.165) is 11.8 Å². The van der Waals surface area contributed by atoms with Gasteiger partial charge in [-0.1, -0.05) is 6.07 Å². The quantitative estimate of drug-likeness (QED) is 0.605. The van der Waals surface area contributed by atoms with Crippen LogP contribution in [0.15, 0.2) is 23.1 Å². The van der Waals surface area contributed by atoms with Crippen molar-refractivity contribution in [3.8, 4) is 0 Å². The summed E-state index contributed by atoms with van der Waals surface area (Å²) in [5.41, 5.74) is 6.52. The second-order valence-corrected chi connectivity index (χ2v) is 5.03. The molecule has 5 heteroatoms. The number of benzene rings is 1. The van der Waals surface area contributed by atoms with Crippen molar-refractivity contribution in [3.05, 3.63) is 23.8 Å². The first kappa shape index (κ1) is 10.3. The summed E-state index contributed by atoms with van der Waals surface area (Å²) in [5.74, 6) is 0.281. The number of hydrogen-bond donors (Lipinski definition) is 1. The Bertz CT molecular complexity index is 414. The first-order valence-corrected chi connectivity index (χ1v) is 6.02. The van der Waals surface area contributed by atoms with E-state index < -0.39 is 9.84 Å². The second kappa shape index (κ2) is 3.55. The highest BCUT2D eigenvalue weighted by molar-refractivity contribution is 7.90. The maximum absolute atomic E-state index is 11.2. The Morgan fingerprint density at radius 3 is 2.54 bits per heavy atom. The van der Waals surface area contributed by atoms with Gasteiger partial charge in [0.15, 0.2) is 9.84 Å². The summed E-state index contributed by atoms with van der Waals surface area (Å²) < 4.78 is 22.4. The lowest BCUT2D eigenvalue weighted by atomic mass is 10.2. The second-order valence-electron chi connectivity index (χ2n) is 2.78. The maximum atomic E-state index is 11.2. The van der Waals surface area contributed by atoms with E-state index >= 15 is 0 Å². The molecule has 3 nitrogen and oxygen atoms in total. The van der Waals surface area contributed by atoms with E-state index in [0.29, 0.717) is 0 Å². The van der Waals surface area contributed by atoms with Crippen LogP contribution in [0.25, 0.3) is 0 Å². The van der Waals surface area contributed by atoms with Gasteiger partial charge < -0.3 is 5.73 Å². The number of anilines is 1. The highest BCUT2D eigenvalue weighted by Gasteiger charge is 2.11. The van der Waals surface area contributed by atoms with Gasteiger partial charge in [-0.2, -0.15) is 0 Å². The van der Waals surface area contributed by atoms with Gasteiger partial charge in [-0.3, -0.25) is 0 Å². The highest BCUT2D eigenvalue weighted by atomic mass is 35.5. The van der Waals surface area contributed by atoms with Crippen LogP contribution in [0, 0.1) is 0 Å². The highest BCUT2D eigenvalue weighted by Crippen LogP contribution is 2.20. The molecule has 0 aliphatic heterocycles. The fourth-order valence-electron chi connectivity index (χ4n) is 0.983. The van der Waals surface area contributed by atoms with Crippen LogP contribution in [0.2, 0.25) is 0 Å². The third kappa shape index (κ3) is 2.35. The standard InChI is InChI=1S/C8H10ClNO2S/c1-13(11,12)8-4-6(5-9)2-3-7(8)10/h2-4H,5,10H2,1H3. The summed E-state index contributed by atoms with van der Waals surface area (Å²) in [5, 5.41) is 0. The molecule has 0 spiro atoms. The van der Waals surface area contributed by atoms with Gasteiger partial charge in [0.25, 0.3) is 0 Å². The molecule has 1 aromatic rings. The SMILES string of the molecule is CS(=O)(=O)c1cc(CCl)ccc1N. The van der Waals surface area contributed by atoms with Gasteiger partial charge in [0.2, 0.25) is 0 Å². The van der Waals surface area contributed by atoms with Crippen LogP contribution < -0.4 is 5.73 Å². The molecule has 0 heterocycles. The first-order chi connectivity index (χ1) is 5.95. The summed E-state index contributed by atoms with van der Waals surface area (Å²) in [4.78, 5) is 0.144. The Kier molecular flexibility index (Phi) is 2.83. The van der Waals surface area contributed by atoms with Gasteiger partial charge in [0, 0.05) is 12.1 Å². The third-order valence-electron chi connectivity index (χ3n) is 1.63. The van der Waals surface area contributed by atoms with Crippen LogP contribution in [0.4, 0.5) is 5.69 Å². The number of hydrogen-bond acceptors (Lipinski definition) is 3. The molecule has 1 rings (SSSR count). The van der Waals surface area contributed by atoms with Crippen molar-refractivity contribution in [3.63, 3.8) is 0 Å². The van der Waals surface area contributed by atoms with Crippen molar-refractivity contribution in [2.24, 2.45) is 0 Å². The molecule has 0 unspecified atom stereocenters. The van der Waals surface area contributed by atoms with E-state index in [9.17, 15) is 8.42 Å². The number of halogens is 1. The average molecular weight is 220 g/mol. The Hall–Kier alpha value is -0.740. The summed E-state index contributed by atoms with van der Waals surface area (Å²) in [6, 6.07) is 4.75. The van der Waals surface area contributed by atoms with Crippen molar-refractivity contribution in [2.75, 3.05) is 12.0 Å². The zero-order valence-electron chi connectivity index (χ0n) is 7.12. The Labute approximate surface area is 82.4 Å². The number of sulfone groups is 1. The van der Waals surface area contributed by atoms with E-state index in [1.54, 1.807) is 12.1 Å². The molecule has 1 aromatic carbocycles. The zero-order valence-corrected chi connectivity index (χ0v) is 8.69. The lowest BCUT2D eigenvalue weighted by molar-refractivity contribution is 0.602. The molecule has 0 radical (unpaired) electrons. The molecule has 0 aromatic heterocycles.